The molecule has 0 radical (unpaired) electrons. The van der Waals surface area contributed by atoms with E-state index in [9.17, 15) is 13.2 Å². The number of rotatable bonds is 6. The zero-order valence-corrected chi connectivity index (χ0v) is 16.8. The first kappa shape index (κ1) is 19.6. The van der Waals surface area contributed by atoms with E-state index in [4.69, 9.17) is 0 Å². The summed E-state index contributed by atoms with van der Waals surface area (Å²) in [6.07, 6.45) is 4.19. The van der Waals surface area contributed by atoms with Crippen molar-refractivity contribution in [2.24, 2.45) is 7.05 Å². The molecule has 8 heteroatoms. The Kier molecular flexibility index (Phi) is 5.69. The lowest BCUT2D eigenvalue weighted by Gasteiger charge is -2.21. The van der Waals surface area contributed by atoms with Crippen LogP contribution in [0.2, 0.25) is 0 Å². The first-order valence-corrected chi connectivity index (χ1v) is 10.5. The lowest BCUT2D eigenvalue weighted by Crippen LogP contribution is -3.11. The molecular formula is C19H27N4O3S+. The van der Waals surface area contributed by atoms with Gasteiger partial charge in [0.25, 0.3) is 5.91 Å². The van der Waals surface area contributed by atoms with Gasteiger partial charge in [-0.25, -0.2) is 12.7 Å². The maximum Gasteiger partial charge on any atom is 0.279 e. The van der Waals surface area contributed by atoms with Crippen LogP contribution in [0.15, 0.2) is 47.5 Å². The van der Waals surface area contributed by atoms with Crippen LogP contribution in [-0.4, -0.2) is 50.4 Å². The fourth-order valence-corrected chi connectivity index (χ4v) is 4.62. The number of anilines is 1. The molecule has 1 unspecified atom stereocenters. The van der Waals surface area contributed by atoms with E-state index in [0.29, 0.717) is 18.3 Å². The van der Waals surface area contributed by atoms with Crippen LogP contribution < -0.4 is 10.2 Å². The van der Waals surface area contributed by atoms with E-state index in [1.165, 1.54) is 36.8 Å². The number of nitrogens with zero attached hydrogens (tertiary/aromatic N) is 2. The Hall–Kier alpha value is -2.16. The molecule has 1 aliphatic rings. The number of aryl methyl sites for hydroxylation is 1. The van der Waals surface area contributed by atoms with Crippen molar-refractivity contribution in [3.8, 4) is 0 Å². The van der Waals surface area contributed by atoms with Crippen molar-refractivity contribution >= 4 is 21.6 Å². The number of amides is 1. The van der Waals surface area contributed by atoms with Crippen molar-refractivity contribution < 1.29 is 18.1 Å². The predicted molar refractivity (Wildman–Crippen MR) is 104 cm³/mol. The molecule has 2 N–H and O–H groups in total. The molecule has 2 heterocycles. The van der Waals surface area contributed by atoms with E-state index < -0.39 is 10.0 Å². The summed E-state index contributed by atoms with van der Waals surface area (Å²) >= 11 is 0. The molecule has 0 saturated carbocycles. The molecule has 146 valence electrons. The Labute approximate surface area is 160 Å². The fraction of sp³-hybridized carbons (Fsp3) is 0.421. The molecule has 0 aliphatic carbocycles. The number of hydrogen-bond acceptors (Lipinski definition) is 3. The van der Waals surface area contributed by atoms with Gasteiger partial charge in [0.1, 0.15) is 6.04 Å². The number of hydrogen-bond donors (Lipinski definition) is 2. The molecule has 0 bridgehead atoms. The predicted octanol–water partition coefficient (Wildman–Crippen LogP) is 0.634. The maximum atomic E-state index is 12.6. The van der Waals surface area contributed by atoms with Gasteiger partial charge in [-0.3, -0.25) is 4.79 Å². The summed E-state index contributed by atoms with van der Waals surface area (Å²) in [4.78, 5) is 14.0. The van der Waals surface area contributed by atoms with Gasteiger partial charge in [-0.2, -0.15) is 0 Å². The van der Waals surface area contributed by atoms with Gasteiger partial charge in [0.05, 0.1) is 17.1 Å². The van der Waals surface area contributed by atoms with Gasteiger partial charge in [0.15, 0.2) is 6.54 Å². The highest BCUT2D eigenvalue weighted by molar-refractivity contribution is 7.89. The van der Waals surface area contributed by atoms with E-state index >= 15 is 0 Å². The second-order valence-corrected chi connectivity index (χ2v) is 9.34. The molecule has 1 aromatic heterocycles. The molecule has 7 nitrogen and oxygen atoms in total. The number of nitrogens with one attached hydrogen (secondary N) is 2. The summed E-state index contributed by atoms with van der Waals surface area (Å²) in [5.74, 6) is -0.106. The third-order valence-electron chi connectivity index (χ3n) is 5.11. The molecule has 1 saturated heterocycles. The normalized spacial score (nSPS) is 20.1. The zero-order chi connectivity index (χ0) is 19.6. The zero-order valence-electron chi connectivity index (χ0n) is 16.0. The first-order valence-electron chi connectivity index (χ1n) is 9.07. The molecule has 0 spiro atoms. The van der Waals surface area contributed by atoms with Crippen molar-refractivity contribution in [2.75, 3.05) is 32.5 Å². The van der Waals surface area contributed by atoms with Crippen LogP contribution in [-0.2, 0) is 21.9 Å². The monoisotopic (exact) mass is 391 g/mol. The summed E-state index contributed by atoms with van der Waals surface area (Å²) in [6, 6.07) is 10.8. The SMILES string of the molecule is CN(C)S(=O)(=O)c1cccc(NC(=O)C[NH+]2CCC[C@H]2c2cccn2C)c1. The highest BCUT2D eigenvalue weighted by atomic mass is 32.2. The quantitative estimate of drug-likeness (QED) is 0.759. The molecule has 1 fully saturated rings. The Morgan fingerprint density at radius 1 is 1.30 bits per heavy atom. The van der Waals surface area contributed by atoms with Crippen LogP contribution in [0.5, 0.6) is 0 Å². The van der Waals surface area contributed by atoms with Gasteiger partial charge < -0.3 is 14.8 Å². The smallest absolute Gasteiger partial charge is 0.279 e. The van der Waals surface area contributed by atoms with Crippen LogP contribution in [0, 0.1) is 0 Å². The average Bonchev–Trinajstić information content (AvgIpc) is 3.23. The van der Waals surface area contributed by atoms with Crippen LogP contribution in [0.3, 0.4) is 0 Å². The third-order valence-corrected chi connectivity index (χ3v) is 6.92. The van der Waals surface area contributed by atoms with Gasteiger partial charge >= 0.3 is 0 Å². The summed E-state index contributed by atoms with van der Waals surface area (Å²) in [6.45, 7) is 1.32. The van der Waals surface area contributed by atoms with E-state index in [2.05, 4.69) is 16.0 Å². The second-order valence-electron chi connectivity index (χ2n) is 7.19. The summed E-state index contributed by atoms with van der Waals surface area (Å²) in [5.41, 5.74) is 1.74. The molecule has 27 heavy (non-hydrogen) atoms. The number of aromatic nitrogens is 1. The molecule has 1 aromatic carbocycles. The number of quaternary nitrogens is 1. The number of carbonyl (C=O) groups is 1. The summed E-state index contributed by atoms with van der Waals surface area (Å²) in [7, 11) is 1.48. The average molecular weight is 392 g/mol. The van der Waals surface area contributed by atoms with Crippen molar-refractivity contribution in [1.82, 2.24) is 8.87 Å². The van der Waals surface area contributed by atoms with Crippen molar-refractivity contribution in [2.45, 2.75) is 23.8 Å². The van der Waals surface area contributed by atoms with E-state index in [1.807, 2.05) is 19.3 Å². The minimum Gasteiger partial charge on any atom is -0.350 e. The Balaban J connectivity index is 1.69. The molecule has 1 aliphatic heterocycles. The lowest BCUT2D eigenvalue weighted by atomic mass is 10.1. The number of carbonyl (C=O) groups excluding carboxylic acids is 1. The maximum absolute atomic E-state index is 12.6. The van der Waals surface area contributed by atoms with Gasteiger partial charge in [-0.05, 0) is 30.3 Å². The topological polar surface area (TPSA) is 75.8 Å². The van der Waals surface area contributed by atoms with Crippen LogP contribution in [0.1, 0.15) is 24.6 Å². The summed E-state index contributed by atoms with van der Waals surface area (Å²) < 4.78 is 27.8. The Bertz CT molecular complexity index is 921. The number of likely N-dealkylation sites (tertiary alicyclic amines) is 1. The third kappa shape index (κ3) is 4.23. The van der Waals surface area contributed by atoms with E-state index in [0.717, 1.165) is 23.7 Å². The highest BCUT2D eigenvalue weighted by Gasteiger charge is 2.33. The van der Waals surface area contributed by atoms with Crippen molar-refractivity contribution in [1.29, 1.82) is 0 Å². The van der Waals surface area contributed by atoms with Crippen LogP contribution in [0.4, 0.5) is 5.69 Å². The van der Waals surface area contributed by atoms with Crippen LogP contribution in [0.25, 0.3) is 0 Å². The standard InChI is InChI=1S/C19H26N4O3S/c1-21(2)27(25,26)16-8-4-7-15(13-16)20-19(24)14-23-12-6-10-18(23)17-9-5-11-22(17)3/h4-5,7-9,11,13,18H,6,10,12,14H2,1-3H3,(H,20,24)/p+1/t18-/m0/s1. The first-order chi connectivity index (χ1) is 12.8. The minimum absolute atomic E-state index is 0.106. The Morgan fingerprint density at radius 2 is 2.07 bits per heavy atom. The highest BCUT2D eigenvalue weighted by Crippen LogP contribution is 2.20. The molecule has 2 aromatic rings. The van der Waals surface area contributed by atoms with Gasteiger partial charge in [0, 0.05) is 45.9 Å². The molecule has 3 rings (SSSR count). The van der Waals surface area contributed by atoms with Gasteiger partial charge in [-0.1, -0.05) is 6.07 Å². The Morgan fingerprint density at radius 3 is 2.74 bits per heavy atom. The van der Waals surface area contributed by atoms with E-state index in [-0.39, 0.29) is 10.8 Å². The molecule has 1 amide bonds. The number of sulfonamides is 1. The second kappa shape index (κ2) is 7.84. The summed E-state index contributed by atoms with van der Waals surface area (Å²) in [5, 5.41) is 2.85. The van der Waals surface area contributed by atoms with Gasteiger partial charge in [0.2, 0.25) is 10.0 Å². The van der Waals surface area contributed by atoms with Gasteiger partial charge in [-0.15, -0.1) is 0 Å². The van der Waals surface area contributed by atoms with Crippen molar-refractivity contribution in [3.05, 3.63) is 48.3 Å². The van der Waals surface area contributed by atoms with E-state index in [1.54, 1.807) is 12.1 Å². The van der Waals surface area contributed by atoms with Crippen LogP contribution >= 0.6 is 0 Å². The lowest BCUT2D eigenvalue weighted by molar-refractivity contribution is -0.910. The minimum atomic E-state index is -3.53. The molecule has 2 atom stereocenters. The number of benzene rings is 1. The molecular weight excluding hydrogens is 364 g/mol. The van der Waals surface area contributed by atoms with Crippen molar-refractivity contribution in [3.63, 3.8) is 0 Å². The largest absolute Gasteiger partial charge is 0.350 e. The fourth-order valence-electron chi connectivity index (χ4n) is 3.67.